The van der Waals surface area contributed by atoms with Gasteiger partial charge in [0.25, 0.3) is 0 Å². The molecule has 0 spiro atoms. The van der Waals surface area contributed by atoms with Crippen LogP contribution in [0.2, 0.25) is 0 Å². The number of carbonyl (C=O) groups excluding carboxylic acids is 2. The van der Waals surface area contributed by atoms with Gasteiger partial charge in [0.1, 0.15) is 19.8 Å². The van der Waals surface area contributed by atoms with E-state index in [0.717, 1.165) is 57.8 Å². The Bertz CT molecular complexity index is 1310. The lowest BCUT2D eigenvalue weighted by molar-refractivity contribution is -0.870. The van der Waals surface area contributed by atoms with Gasteiger partial charge in [-0.3, -0.25) is 18.6 Å². The number of quaternary nitrogens is 1. The number of allylic oxidation sites excluding steroid dienone is 8. The van der Waals surface area contributed by atoms with E-state index in [1.54, 1.807) is 0 Å². The Balaban J connectivity index is 4.05. The lowest BCUT2D eigenvalue weighted by Crippen LogP contribution is -2.37. The number of esters is 2. The van der Waals surface area contributed by atoms with E-state index >= 15 is 0 Å². The van der Waals surface area contributed by atoms with Crippen molar-refractivity contribution in [1.82, 2.24) is 0 Å². The van der Waals surface area contributed by atoms with Gasteiger partial charge >= 0.3 is 19.8 Å². The van der Waals surface area contributed by atoms with E-state index < -0.39 is 26.5 Å². The number of likely N-dealkylation sites (N-methyl/N-ethyl adjacent to an activating group) is 1. The van der Waals surface area contributed by atoms with Crippen LogP contribution in [-0.4, -0.2) is 74.9 Å². The van der Waals surface area contributed by atoms with Crippen LogP contribution >= 0.6 is 7.82 Å². The fraction of sp³-hybridized carbons (Fsp3) is 0.831. The highest BCUT2D eigenvalue weighted by Gasteiger charge is 2.27. The first-order valence-corrected chi connectivity index (χ1v) is 30.4. The van der Waals surface area contributed by atoms with Crippen LogP contribution < -0.4 is 0 Å². The maximum atomic E-state index is 12.7. The molecule has 0 radical (unpaired) electrons. The molecule has 0 aliphatic heterocycles. The molecule has 2 unspecified atom stereocenters. The summed E-state index contributed by atoms with van der Waals surface area (Å²) < 4.78 is 34.4. The highest BCUT2D eigenvalue weighted by atomic mass is 31.2. The van der Waals surface area contributed by atoms with Crippen LogP contribution in [0, 0.1) is 0 Å². The summed E-state index contributed by atoms with van der Waals surface area (Å²) in [6.45, 7) is 4.30. The molecule has 0 aliphatic carbocycles. The largest absolute Gasteiger partial charge is 0.472 e. The standard InChI is InChI=1S/C59H110NO8P/c1-6-8-10-12-14-16-18-20-22-23-24-25-26-27-28-29-30-31-32-33-34-35-36-38-39-41-43-45-47-49-51-58(61)65-55-57(56-67-69(63,64)66-54-53-60(3,4)5)68-59(62)52-50-48-46-44-42-40-37-21-19-17-15-13-11-9-7-2/h9,11,15,17,21,37,42,44,57H,6-8,10,12-14,16,18-20,22-36,38-41,43,45-56H2,1-5H3/p+1/b11-9-,17-15-,37-21-,44-42-. The van der Waals surface area contributed by atoms with Crippen molar-refractivity contribution >= 4 is 19.8 Å². The van der Waals surface area contributed by atoms with Crippen LogP contribution in [0.3, 0.4) is 0 Å². The van der Waals surface area contributed by atoms with Gasteiger partial charge in [0.15, 0.2) is 6.10 Å². The Morgan fingerprint density at radius 2 is 0.826 bits per heavy atom. The van der Waals surface area contributed by atoms with Gasteiger partial charge in [-0.05, 0) is 51.4 Å². The SMILES string of the molecule is CC/C=C\C/C=C\C/C=C\C/C=C\CCCCC(=O)OC(COC(=O)CCCCCCCCCCCCCCCCCCCCCCCCCCCCCCCC)COP(=O)(O)OCC[N+](C)(C)C. The zero-order valence-corrected chi connectivity index (χ0v) is 46.7. The van der Waals surface area contributed by atoms with E-state index in [1.807, 2.05) is 21.1 Å². The third-order valence-corrected chi connectivity index (χ3v) is 13.6. The zero-order valence-electron chi connectivity index (χ0n) is 45.8. The lowest BCUT2D eigenvalue weighted by Gasteiger charge is -2.24. The van der Waals surface area contributed by atoms with E-state index in [2.05, 4.69) is 62.5 Å². The third-order valence-electron chi connectivity index (χ3n) is 12.6. The molecule has 0 aromatic heterocycles. The van der Waals surface area contributed by atoms with Gasteiger partial charge in [-0.2, -0.15) is 0 Å². The summed E-state index contributed by atoms with van der Waals surface area (Å²) in [4.78, 5) is 35.6. The number of carbonyl (C=O) groups is 2. The van der Waals surface area contributed by atoms with Crippen LogP contribution in [0.5, 0.6) is 0 Å². The molecule has 0 aromatic carbocycles. The molecule has 0 fully saturated rings. The summed E-state index contributed by atoms with van der Waals surface area (Å²) >= 11 is 0. The van der Waals surface area contributed by atoms with Gasteiger partial charge in [0.2, 0.25) is 0 Å². The fourth-order valence-corrected chi connectivity index (χ4v) is 8.93. The number of phosphoric ester groups is 1. The van der Waals surface area contributed by atoms with Crippen molar-refractivity contribution in [3.63, 3.8) is 0 Å². The minimum absolute atomic E-state index is 0.0235. The Kier molecular flexibility index (Phi) is 49.4. The summed E-state index contributed by atoms with van der Waals surface area (Å²) in [5.41, 5.74) is 0. The Labute approximate surface area is 426 Å². The molecule has 0 saturated carbocycles. The summed E-state index contributed by atoms with van der Waals surface area (Å²) in [6, 6.07) is 0. The van der Waals surface area contributed by atoms with Gasteiger partial charge in [-0.15, -0.1) is 0 Å². The van der Waals surface area contributed by atoms with Crippen LogP contribution in [-0.2, 0) is 32.7 Å². The first-order chi connectivity index (χ1) is 33.5. The molecule has 404 valence electrons. The second-order valence-electron chi connectivity index (χ2n) is 20.7. The number of hydrogen-bond donors (Lipinski definition) is 1. The van der Waals surface area contributed by atoms with Crippen molar-refractivity contribution in [2.45, 2.75) is 270 Å². The van der Waals surface area contributed by atoms with Crippen LogP contribution in [0.15, 0.2) is 48.6 Å². The van der Waals surface area contributed by atoms with Crippen LogP contribution in [0.1, 0.15) is 264 Å². The zero-order chi connectivity index (χ0) is 50.6. The van der Waals surface area contributed by atoms with Gasteiger partial charge in [-0.25, -0.2) is 4.57 Å². The van der Waals surface area contributed by atoms with Crippen molar-refractivity contribution in [3.05, 3.63) is 48.6 Å². The van der Waals surface area contributed by atoms with E-state index in [-0.39, 0.29) is 32.0 Å². The summed E-state index contributed by atoms with van der Waals surface area (Å²) in [6.07, 6.45) is 63.5. The predicted octanol–water partition coefficient (Wildman–Crippen LogP) is 17.8. The number of unbranched alkanes of at least 4 members (excludes halogenated alkanes) is 31. The maximum absolute atomic E-state index is 12.7. The molecule has 0 bridgehead atoms. The van der Waals surface area contributed by atoms with Gasteiger partial charge in [0.05, 0.1) is 27.7 Å². The maximum Gasteiger partial charge on any atom is 0.472 e. The molecule has 69 heavy (non-hydrogen) atoms. The molecule has 0 aliphatic rings. The van der Waals surface area contributed by atoms with E-state index in [4.69, 9.17) is 18.5 Å². The topological polar surface area (TPSA) is 108 Å². The normalized spacial score (nSPS) is 13.7. The number of phosphoric acid groups is 1. The molecule has 0 amide bonds. The monoisotopic (exact) mass is 993 g/mol. The van der Waals surface area contributed by atoms with Crippen LogP contribution in [0.4, 0.5) is 0 Å². The summed E-state index contributed by atoms with van der Waals surface area (Å²) in [5, 5.41) is 0. The molecule has 2 atom stereocenters. The van der Waals surface area contributed by atoms with E-state index in [0.29, 0.717) is 17.4 Å². The second kappa shape index (κ2) is 50.9. The van der Waals surface area contributed by atoms with Crippen molar-refractivity contribution in [3.8, 4) is 0 Å². The average Bonchev–Trinajstić information content (AvgIpc) is 3.31. The molecule has 1 N–H and O–H groups in total. The van der Waals surface area contributed by atoms with Gasteiger partial charge < -0.3 is 18.9 Å². The minimum Gasteiger partial charge on any atom is -0.462 e. The molecule has 0 saturated heterocycles. The Hall–Kier alpha value is -2.03. The van der Waals surface area contributed by atoms with Crippen molar-refractivity contribution in [2.75, 3.05) is 47.5 Å². The van der Waals surface area contributed by atoms with E-state index in [9.17, 15) is 19.0 Å². The minimum atomic E-state index is -4.39. The fourth-order valence-electron chi connectivity index (χ4n) is 8.19. The van der Waals surface area contributed by atoms with E-state index in [1.165, 1.54) is 173 Å². The van der Waals surface area contributed by atoms with Gasteiger partial charge in [0, 0.05) is 12.8 Å². The summed E-state index contributed by atoms with van der Waals surface area (Å²) in [7, 11) is 1.45. The number of ether oxygens (including phenoxy) is 2. The third kappa shape index (κ3) is 55.1. The first kappa shape index (κ1) is 67.0. The molecule has 0 aromatic rings. The molecule has 9 nitrogen and oxygen atoms in total. The highest BCUT2D eigenvalue weighted by molar-refractivity contribution is 7.47. The molecule has 0 rings (SSSR count). The smallest absolute Gasteiger partial charge is 0.462 e. The lowest BCUT2D eigenvalue weighted by atomic mass is 10.0. The second-order valence-corrected chi connectivity index (χ2v) is 22.1. The Morgan fingerprint density at radius 3 is 1.23 bits per heavy atom. The number of rotatable bonds is 53. The number of hydrogen-bond acceptors (Lipinski definition) is 7. The highest BCUT2D eigenvalue weighted by Crippen LogP contribution is 2.43. The quantitative estimate of drug-likeness (QED) is 0.0211. The molecule has 10 heteroatoms. The summed E-state index contributed by atoms with van der Waals surface area (Å²) in [5.74, 6) is -0.838. The first-order valence-electron chi connectivity index (χ1n) is 28.9. The van der Waals surface area contributed by atoms with Crippen molar-refractivity contribution in [1.29, 1.82) is 0 Å². The molecule has 0 heterocycles. The van der Waals surface area contributed by atoms with Crippen molar-refractivity contribution < 1.29 is 42.1 Å². The van der Waals surface area contributed by atoms with Crippen LogP contribution in [0.25, 0.3) is 0 Å². The molecular formula is C59H111NO8P+. The number of nitrogens with zero attached hydrogens (tertiary/aromatic N) is 1. The van der Waals surface area contributed by atoms with Gasteiger partial charge in [-0.1, -0.05) is 249 Å². The molecular weight excluding hydrogens is 882 g/mol. The Morgan fingerprint density at radius 1 is 0.464 bits per heavy atom. The average molecular weight is 994 g/mol. The van der Waals surface area contributed by atoms with Crippen molar-refractivity contribution in [2.24, 2.45) is 0 Å². The predicted molar refractivity (Wildman–Crippen MR) is 293 cm³/mol.